The van der Waals surface area contributed by atoms with Gasteiger partial charge in [-0.05, 0) is 36.4 Å². The first kappa shape index (κ1) is 17.8. The number of nitrogen functional groups attached to an aromatic ring is 1. The number of hydrogen-bond acceptors (Lipinski definition) is 5. The maximum Gasteiger partial charge on any atom is 0.234 e. The van der Waals surface area contributed by atoms with Gasteiger partial charge in [0.25, 0.3) is 0 Å². The van der Waals surface area contributed by atoms with Gasteiger partial charge in [0, 0.05) is 20.7 Å². The molecule has 1 amide bonds. The molecule has 3 aromatic rings. The van der Waals surface area contributed by atoms with Crippen LogP contribution < -0.4 is 11.2 Å². The van der Waals surface area contributed by atoms with Gasteiger partial charge in [-0.3, -0.25) is 4.79 Å². The van der Waals surface area contributed by atoms with E-state index in [0.717, 1.165) is 10.0 Å². The predicted octanol–water partition coefficient (Wildman–Crippen LogP) is 3.81. The average Bonchev–Trinajstić information content (AvgIpc) is 2.96. The lowest BCUT2D eigenvalue weighted by molar-refractivity contribution is -0.113. The summed E-state index contributed by atoms with van der Waals surface area (Å²) in [7, 11) is 0. The number of nitrogens with one attached hydrogen (secondary N) is 1. The van der Waals surface area contributed by atoms with Crippen molar-refractivity contribution in [2.24, 2.45) is 0 Å². The Hall–Kier alpha value is -2.03. The minimum atomic E-state index is -0.169. The molecule has 0 saturated carbocycles. The van der Waals surface area contributed by atoms with E-state index in [4.69, 9.17) is 17.4 Å². The molecule has 2 aromatic carbocycles. The third-order valence-corrected chi connectivity index (χ3v) is 5.13. The van der Waals surface area contributed by atoms with E-state index < -0.39 is 0 Å². The van der Waals surface area contributed by atoms with E-state index in [1.807, 2.05) is 24.3 Å². The number of thioether (sulfide) groups is 1. The third kappa shape index (κ3) is 4.33. The molecule has 0 saturated heterocycles. The summed E-state index contributed by atoms with van der Waals surface area (Å²) >= 11 is 10.5. The van der Waals surface area contributed by atoms with Crippen molar-refractivity contribution in [2.75, 3.05) is 16.9 Å². The second-order valence-corrected chi connectivity index (χ2v) is 7.23. The predicted molar refractivity (Wildman–Crippen MR) is 104 cm³/mol. The SMILES string of the molecule is Nn1c(SCC(=O)Nc2ccc(Cl)cc2)nnc1-c1ccccc1Br. The Balaban J connectivity index is 1.65. The van der Waals surface area contributed by atoms with Crippen LogP contribution in [0, 0.1) is 0 Å². The van der Waals surface area contributed by atoms with E-state index in [1.165, 1.54) is 16.4 Å². The second-order valence-electron chi connectivity index (χ2n) is 5.00. The van der Waals surface area contributed by atoms with E-state index >= 15 is 0 Å². The van der Waals surface area contributed by atoms with Crippen molar-refractivity contribution in [1.82, 2.24) is 14.9 Å². The number of carbonyl (C=O) groups excluding carboxylic acids is 1. The molecule has 9 heteroatoms. The highest BCUT2D eigenvalue weighted by Gasteiger charge is 2.15. The molecule has 0 aliphatic rings. The molecule has 0 unspecified atom stereocenters. The first-order chi connectivity index (χ1) is 12.0. The van der Waals surface area contributed by atoms with Crippen LogP contribution in [0.5, 0.6) is 0 Å². The molecule has 0 aliphatic heterocycles. The summed E-state index contributed by atoms with van der Waals surface area (Å²) in [4.78, 5) is 12.0. The van der Waals surface area contributed by atoms with Gasteiger partial charge in [0.05, 0.1) is 5.75 Å². The van der Waals surface area contributed by atoms with Crippen molar-refractivity contribution >= 4 is 50.9 Å². The van der Waals surface area contributed by atoms with Gasteiger partial charge in [-0.1, -0.05) is 51.4 Å². The van der Waals surface area contributed by atoms with Crippen molar-refractivity contribution in [3.8, 4) is 11.4 Å². The quantitative estimate of drug-likeness (QED) is 0.467. The van der Waals surface area contributed by atoms with Crippen LogP contribution in [0.3, 0.4) is 0 Å². The smallest absolute Gasteiger partial charge is 0.234 e. The van der Waals surface area contributed by atoms with E-state index in [1.54, 1.807) is 24.3 Å². The maximum atomic E-state index is 12.0. The lowest BCUT2D eigenvalue weighted by Gasteiger charge is -2.06. The van der Waals surface area contributed by atoms with Gasteiger partial charge in [0.2, 0.25) is 11.1 Å². The number of hydrogen-bond donors (Lipinski definition) is 2. The summed E-state index contributed by atoms with van der Waals surface area (Å²) in [6.45, 7) is 0. The Bertz CT molecular complexity index is 900. The largest absolute Gasteiger partial charge is 0.335 e. The first-order valence-electron chi connectivity index (χ1n) is 7.18. The molecule has 0 bridgehead atoms. The van der Waals surface area contributed by atoms with Gasteiger partial charge in [-0.25, -0.2) is 4.68 Å². The number of benzene rings is 2. The Morgan fingerprint density at radius 2 is 1.92 bits per heavy atom. The lowest BCUT2D eigenvalue weighted by atomic mass is 10.2. The van der Waals surface area contributed by atoms with Gasteiger partial charge >= 0.3 is 0 Å². The van der Waals surface area contributed by atoms with Crippen LogP contribution >= 0.6 is 39.3 Å². The van der Waals surface area contributed by atoms with Crippen molar-refractivity contribution in [3.63, 3.8) is 0 Å². The number of carbonyl (C=O) groups is 1. The molecule has 128 valence electrons. The van der Waals surface area contributed by atoms with Crippen molar-refractivity contribution in [2.45, 2.75) is 5.16 Å². The molecule has 0 spiro atoms. The Morgan fingerprint density at radius 1 is 1.20 bits per heavy atom. The van der Waals surface area contributed by atoms with Gasteiger partial charge in [0.1, 0.15) is 0 Å². The number of rotatable bonds is 5. The molecule has 0 fully saturated rings. The number of anilines is 1. The van der Waals surface area contributed by atoms with Crippen LogP contribution in [0.1, 0.15) is 0 Å². The average molecular weight is 439 g/mol. The number of aromatic nitrogens is 3. The van der Waals surface area contributed by atoms with Crippen LogP contribution in [-0.2, 0) is 4.79 Å². The summed E-state index contributed by atoms with van der Waals surface area (Å²) < 4.78 is 2.24. The summed E-state index contributed by atoms with van der Waals surface area (Å²) in [6.07, 6.45) is 0. The molecule has 0 aliphatic carbocycles. The fraction of sp³-hybridized carbons (Fsp3) is 0.0625. The molecule has 0 atom stereocenters. The van der Waals surface area contributed by atoms with Crippen molar-refractivity contribution in [3.05, 3.63) is 58.0 Å². The van der Waals surface area contributed by atoms with Gasteiger partial charge in [-0.15, -0.1) is 10.2 Å². The molecule has 1 aromatic heterocycles. The monoisotopic (exact) mass is 437 g/mol. The molecular weight excluding hydrogens is 426 g/mol. The standard InChI is InChI=1S/C16H13BrClN5OS/c17-13-4-2-1-3-12(13)15-21-22-16(23(15)19)25-9-14(24)20-11-7-5-10(18)6-8-11/h1-8H,9,19H2,(H,20,24). The molecule has 0 radical (unpaired) electrons. The number of halogens is 2. The zero-order valence-electron chi connectivity index (χ0n) is 12.8. The van der Waals surface area contributed by atoms with Crippen LogP contribution in [0.4, 0.5) is 5.69 Å². The van der Waals surface area contributed by atoms with Crippen LogP contribution in [0.15, 0.2) is 58.2 Å². The summed E-state index contributed by atoms with van der Waals surface area (Å²) in [5.74, 6) is 6.58. The van der Waals surface area contributed by atoms with E-state index in [2.05, 4.69) is 31.4 Å². The first-order valence-corrected chi connectivity index (χ1v) is 9.34. The van der Waals surface area contributed by atoms with E-state index in [-0.39, 0.29) is 11.7 Å². The highest BCUT2D eigenvalue weighted by molar-refractivity contribution is 9.10. The number of nitrogens with zero attached hydrogens (tertiary/aromatic N) is 3. The lowest BCUT2D eigenvalue weighted by Crippen LogP contribution is -2.16. The van der Waals surface area contributed by atoms with Gasteiger partial charge in [0.15, 0.2) is 5.82 Å². The summed E-state index contributed by atoms with van der Waals surface area (Å²) in [5.41, 5.74) is 1.51. The zero-order chi connectivity index (χ0) is 17.8. The topological polar surface area (TPSA) is 85.8 Å². The highest BCUT2D eigenvalue weighted by atomic mass is 79.9. The Labute approximate surface area is 161 Å². The van der Waals surface area contributed by atoms with Crippen molar-refractivity contribution in [1.29, 1.82) is 0 Å². The zero-order valence-corrected chi connectivity index (χ0v) is 16.0. The molecule has 3 rings (SSSR count). The van der Waals surface area contributed by atoms with E-state index in [9.17, 15) is 4.79 Å². The molecule has 3 N–H and O–H groups in total. The van der Waals surface area contributed by atoms with Crippen LogP contribution in [0.25, 0.3) is 11.4 Å². The fourth-order valence-electron chi connectivity index (χ4n) is 2.06. The van der Waals surface area contributed by atoms with E-state index in [0.29, 0.717) is 21.7 Å². The second kappa shape index (κ2) is 7.90. The molecule has 25 heavy (non-hydrogen) atoms. The highest BCUT2D eigenvalue weighted by Crippen LogP contribution is 2.27. The van der Waals surface area contributed by atoms with Crippen LogP contribution in [0.2, 0.25) is 5.02 Å². The fourth-order valence-corrected chi connectivity index (χ4v) is 3.31. The van der Waals surface area contributed by atoms with Crippen molar-refractivity contribution < 1.29 is 4.79 Å². The normalized spacial score (nSPS) is 10.6. The minimum Gasteiger partial charge on any atom is -0.335 e. The number of amides is 1. The Morgan fingerprint density at radius 3 is 2.64 bits per heavy atom. The molecule has 6 nitrogen and oxygen atoms in total. The van der Waals surface area contributed by atoms with Gasteiger partial charge in [-0.2, -0.15) is 0 Å². The number of nitrogens with two attached hydrogens (primary N) is 1. The maximum absolute atomic E-state index is 12.0. The Kier molecular flexibility index (Phi) is 5.62. The minimum absolute atomic E-state index is 0.161. The summed E-state index contributed by atoms with van der Waals surface area (Å²) in [6, 6.07) is 14.5. The van der Waals surface area contributed by atoms with Crippen LogP contribution in [-0.4, -0.2) is 26.5 Å². The molecular formula is C16H13BrClN5OS. The van der Waals surface area contributed by atoms with Gasteiger partial charge < -0.3 is 11.2 Å². The summed E-state index contributed by atoms with van der Waals surface area (Å²) in [5, 5.41) is 12.0. The third-order valence-electron chi connectivity index (χ3n) is 3.24. The molecule has 1 heterocycles.